The number of aromatic nitrogens is 2. The van der Waals surface area contributed by atoms with Gasteiger partial charge in [-0.1, -0.05) is 23.7 Å². The van der Waals surface area contributed by atoms with Gasteiger partial charge in [0.1, 0.15) is 5.65 Å². The monoisotopic (exact) mass is 285 g/mol. The molecule has 0 saturated carbocycles. The number of nitrogens with zero attached hydrogens (tertiary/aromatic N) is 2. The first-order valence-corrected chi connectivity index (χ1v) is 6.52. The lowest BCUT2D eigenvalue weighted by molar-refractivity contribution is -0.114. The summed E-state index contributed by atoms with van der Waals surface area (Å²) in [5.41, 5.74) is 3.48. The van der Waals surface area contributed by atoms with Crippen LogP contribution in [0.15, 0.2) is 48.8 Å². The Morgan fingerprint density at radius 1 is 1.30 bits per heavy atom. The summed E-state index contributed by atoms with van der Waals surface area (Å²) in [6, 6.07) is 11.3. The zero-order chi connectivity index (χ0) is 14.1. The molecule has 0 aliphatic carbocycles. The van der Waals surface area contributed by atoms with Crippen molar-refractivity contribution in [2.24, 2.45) is 0 Å². The number of hydrogen-bond acceptors (Lipinski definition) is 2. The molecular formula is C15H12ClN3O. The quantitative estimate of drug-likeness (QED) is 0.782. The summed E-state index contributed by atoms with van der Waals surface area (Å²) >= 11 is 5.96. The van der Waals surface area contributed by atoms with Crippen molar-refractivity contribution < 1.29 is 4.79 Å². The van der Waals surface area contributed by atoms with Crippen molar-refractivity contribution in [1.82, 2.24) is 9.38 Å². The van der Waals surface area contributed by atoms with Crippen LogP contribution in [0.4, 0.5) is 5.69 Å². The van der Waals surface area contributed by atoms with E-state index in [2.05, 4.69) is 10.3 Å². The summed E-state index contributed by atoms with van der Waals surface area (Å²) in [6.45, 7) is 1.49. The van der Waals surface area contributed by atoms with Gasteiger partial charge in [-0.3, -0.25) is 9.20 Å². The van der Waals surface area contributed by atoms with Crippen molar-refractivity contribution in [3.05, 3.63) is 53.8 Å². The first kappa shape index (κ1) is 12.7. The van der Waals surface area contributed by atoms with Crippen LogP contribution in [0.1, 0.15) is 6.92 Å². The predicted molar refractivity (Wildman–Crippen MR) is 79.9 cm³/mol. The lowest BCUT2D eigenvalue weighted by Gasteiger charge is -2.06. The van der Waals surface area contributed by atoms with Gasteiger partial charge in [0.25, 0.3) is 0 Å². The average molecular weight is 286 g/mol. The third-order valence-corrected chi connectivity index (χ3v) is 3.19. The highest BCUT2D eigenvalue weighted by Gasteiger charge is 2.07. The van der Waals surface area contributed by atoms with Crippen molar-refractivity contribution in [2.75, 3.05) is 5.32 Å². The molecule has 0 fully saturated rings. The third kappa shape index (κ3) is 2.38. The van der Waals surface area contributed by atoms with E-state index >= 15 is 0 Å². The van der Waals surface area contributed by atoms with E-state index in [1.165, 1.54) is 6.92 Å². The highest BCUT2D eigenvalue weighted by molar-refractivity contribution is 6.30. The number of fused-ring (bicyclic) bond motifs is 1. The molecule has 0 atom stereocenters. The fourth-order valence-electron chi connectivity index (χ4n) is 2.13. The van der Waals surface area contributed by atoms with Crippen molar-refractivity contribution in [3.63, 3.8) is 0 Å². The normalized spacial score (nSPS) is 10.7. The van der Waals surface area contributed by atoms with Crippen LogP contribution in [-0.2, 0) is 4.79 Å². The van der Waals surface area contributed by atoms with Gasteiger partial charge in [-0.05, 0) is 18.2 Å². The van der Waals surface area contributed by atoms with Gasteiger partial charge in [0.15, 0.2) is 0 Å². The molecule has 4 nitrogen and oxygen atoms in total. The number of imidazole rings is 1. The van der Waals surface area contributed by atoms with Crippen molar-refractivity contribution >= 4 is 28.8 Å². The molecule has 0 saturated heterocycles. The predicted octanol–water partition coefficient (Wildman–Crippen LogP) is 3.61. The van der Waals surface area contributed by atoms with E-state index in [-0.39, 0.29) is 5.91 Å². The SMILES string of the molecule is CC(=O)Nc1cccc(-c2cnc3cc(Cl)ccn23)c1. The van der Waals surface area contributed by atoms with E-state index < -0.39 is 0 Å². The Morgan fingerprint density at radius 3 is 2.95 bits per heavy atom. The molecule has 3 aromatic rings. The van der Waals surface area contributed by atoms with E-state index in [4.69, 9.17) is 11.6 Å². The number of amides is 1. The number of pyridine rings is 1. The number of rotatable bonds is 2. The first-order chi connectivity index (χ1) is 9.63. The fraction of sp³-hybridized carbons (Fsp3) is 0.0667. The van der Waals surface area contributed by atoms with E-state index in [9.17, 15) is 4.79 Å². The van der Waals surface area contributed by atoms with Crippen LogP contribution in [0.2, 0.25) is 5.02 Å². The summed E-state index contributed by atoms with van der Waals surface area (Å²) in [7, 11) is 0. The lowest BCUT2D eigenvalue weighted by Crippen LogP contribution is -2.05. The maximum atomic E-state index is 11.1. The number of halogens is 1. The maximum Gasteiger partial charge on any atom is 0.221 e. The molecule has 1 amide bonds. The van der Waals surface area contributed by atoms with Gasteiger partial charge in [-0.15, -0.1) is 0 Å². The summed E-state index contributed by atoms with van der Waals surface area (Å²) in [4.78, 5) is 15.5. The Bertz CT molecular complexity index is 795. The van der Waals surface area contributed by atoms with Gasteiger partial charge >= 0.3 is 0 Å². The molecule has 2 aromatic heterocycles. The summed E-state index contributed by atoms with van der Waals surface area (Å²) in [5.74, 6) is -0.0907. The van der Waals surface area contributed by atoms with Gasteiger partial charge in [0.2, 0.25) is 5.91 Å². The van der Waals surface area contributed by atoms with Crippen LogP contribution in [0.5, 0.6) is 0 Å². The Labute approximate surface area is 121 Å². The number of benzene rings is 1. The molecular weight excluding hydrogens is 274 g/mol. The second-order valence-corrected chi connectivity index (χ2v) is 4.92. The van der Waals surface area contributed by atoms with Crippen LogP contribution in [0.25, 0.3) is 16.9 Å². The third-order valence-electron chi connectivity index (χ3n) is 2.95. The van der Waals surface area contributed by atoms with Crippen LogP contribution in [0, 0.1) is 0 Å². The van der Waals surface area contributed by atoms with E-state index in [0.29, 0.717) is 5.02 Å². The van der Waals surface area contributed by atoms with Crippen LogP contribution in [0.3, 0.4) is 0 Å². The van der Waals surface area contributed by atoms with E-state index in [1.54, 1.807) is 6.20 Å². The van der Waals surface area contributed by atoms with E-state index in [1.807, 2.05) is 47.0 Å². The zero-order valence-corrected chi connectivity index (χ0v) is 11.6. The molecule has 20 heavy (non-hydrogen) atoms. The molecule has 0 unspecified atom stereocenters. The van der Waals surface area contributed by atoms with Gasteiger partial charge in [0.05, 0.1) is 11.9 Å². The number of anilines is 1. The molecule has 100 valence electrons. The Morgan fingerprint density at radius 2 is 2.15 bits per heavy atom. The van der Waals surface area contributed by atoms with Crippen LogP contribution in [-0.4, -0.2) is 15.3 Å². The maximum absolute atomic E-state index is 11.1. The Hall–Kier alpha value is -2.33. The summed E-state index contributed by atoms with van der Waals surface area (Å²) in [6.07, 6.45) is 3.67. The minimum Gasteiger partial charge on any atom is -0.326 e. The number of carbonyl (C=O) groups is 1. The van der Waals surface area contributed by atoms with Crippen LogP contribution < -0.4 is 5.32 Å². The second-order valence-electron chi connectivity index (χ2n) is 4.48. The summed E-state index contributed by atoms with van der Waals surface area (Å²) in [5, 5.41) is 3.43. The van der Waals surface area contributed by atoms with Crippen molar-refractivity contribution in [2.45, 2.75) is 6.92 Å². The van der Waals surface area contributed by atoms with E-state index in [0.717, 1.165) is 22.6 Å². The zero-order valence-electron chi connectivity index (χ0n) is 10.8. The Balaban J connectivity index is 2.09. The molecule has 0 radical (unpaired) electrons. The molecule has 0 aliphatic rings. The second kappa shape index (κ2) is 4.98. The fourth-order valence-corrected chi connectivity index (χ4v) is 2.28. The smallest absolute Gasteiger partial charge is 0.221 e. The van der Waals surface area contributed by atoms with Crippen molar-refractivity contribution in [3.8, 4) is 11.3 Å². The molecule has 2 heterocycles. The lowest BCUT2D eigenvalue weighted by atomic mass is 10.1. The average Bonchev–Trinajstić information content (AvgIpc) is 2.81. The summed E-state index contributed by atoms with van der Waals surface area (Å²) < 4.78 is 1.96. The standard InChI is InChI=1S/C15H12ClN3O/c1-10(20)18-13-4-2-3-11(7-13)14-9-17-15-8-12(16)5-6-19(14)15/h2-9H,1H3,(H,18,20). The molecule has 0 aliphatic heterocycles. The molecule has 1 N–H and O–H groups in total. The minimum atomic E-state index is -0.0907. The minimum absolute atomic E-state index is 0.0907. The van der Waals surface area contributed by atoms with Gasteiger partial charge in [0, 0.05) is 35.5 Å². The van der Waals surface area contributed by atoms with Crippen molar-refractivity contribution in [1.29, 1.82) is 0 Å². The highest BCUT2D eigenvalue weighted by atomic mass is 35.5. The van der Waals surface area contributed by atoms with Gasteiger partial charge < -0.3 is 5.32 Å². The van der Waals surface area contributed by atoms with Crippen LogP contribution >= 0.6 is 11.6 Å². The van der Waals surface area contributed by atoms with Gasteiger partial charge in [-0.25, -0.2) is 4.98 Å². The molecule has 1 aromatic carbocycles. The number of hydrogen-bond donors (Lipinski definition) is 1. The number of nitrogens with one attached hydrogen (secondary N) is 1. The molecule has 5 heteroatoms. The molecule has 0 bridgehead atoms. The highest BCUT2D eigenvalue weighted by Crippen LogP contribution is 2.24. The Kier molecular flexibility index (Phi) is 3.16. The van der Waals surface area contributed by atoms with Gasteiger partial charge in [-0.2, -0.15) is 0 Å². The first-order valence-electron chi connectivity index (χ1n) is 6.14. The number of carbonyl (C=O) groups excluding carboxylic acids is 1. The molecule has 0 spiro atoms. The molecule has 3 rings (SSSR count). The largest absolute Gasteiger partial charge is 0.326 e. The topological polar surface area (TPSA) is 46.4 Å².